The number of carboxylic acids is 1. The maximum absolute atomic E-state index is 13.0. The molecule has 0 aromatic heterocycles. The second-order valence-electron chi connectivity index (χ2n) is 7.34. The van der Waals surface area contributed by atoms with Gasteiger partial charge in [-0.05, 0) is 57.4 Å². The first-order valence-electron chi connectivity index (χ1n) is 8.17. The van der Waals surface area contributed by atoms with Gasteiger partial charge in [-0.3, -0.25) is 4.79 Å². The molecule has 1 saturated heterocycles. The Morgan fingerprint density at radius 3 is 2.71 bits per heavy atom. The summed E-state index contributed by atoms with van der Waals surface area (Å²) in [6.07, 6.45) is 1.71. The van der Waals surface area contributed by atoms with Crippen LogP contribution in [-0.2, 0) is 21.2 Å². The van der Waals surface area contributed by atoms with Gasteiger partial charge < -0.3 is 9.84 Å². The summed E-state index contributed by atoms with van der Waals surface area (Å²) < 4.78 is 33.2. The van der Waals surface area contributed by atoms with Gasteiger partial charge in [-0.25, -0.2) is 8.42 Å². The molecule has 3 rings (SSSR count). The first kappa shape index (κ1) is 17.2. The first-order chi connectivity index (χ1) is 11.1. The highest BCUT2D eigenvalue weighted by molar-refractivity contribution is 7.89. The third kappa shape index (κ3) is 3.02. The summed E-state index contributed by atoms with van der Waals surface area (Å²) in [5, 5.41) is 9.23. The van der Waals surface area contributed by atoms with Crippen LogP contribution in [0.2, 0.25) is 0 Å². The lowest BCUT2D eigenvalue weighted by molar-refractivity contribution is -0.143. The van der Waals surface area contributed by atoms with Crippen LogP contribution in [0.3, 0.4) is 0 Å². The zero-order valence-corrected chi connectivity index (χ0v) is 15.0. The maximum atomic E-state index is 13.0. The zero-order valence-electron chi connectivity index (χ0n) is 14.2. The van der Waals surface area contributed by atoms with Gasteiger partial charge in [-0.1, -0.05) is 0 Å². The summed E-state index contributed by atoms with van der Waals surface area (Å²) in [5.74, 6) is -0.868. The number of aliphatic carboxylic acids is 1. The lowest BCUT2D eigenvalue weighted by atomic mass is 9.96. The summed E-state index contributed by atoms with van der Waals surface area (Å²) >= 11 is 0. The number of ether oxygens (including phenoxy) is 1. The highest BCUT2D eigenvalue weighted by atomic mass is 32.2. The van der Waals surface area contributed by atoms with E-state index in [0.29, 0.717) is 25.0 Å². The molecule has 0 spiro atoms. The molecule has 132 valence electrons. The fraction of sp³-hybridized carbons (Fsp3) is 0.588. The van der Waals surface area contributed by atoms with E-state index in [2.05, 4.69) is 0 Å². The quantitative estimate of drug-likeness (QED) is 0.901. The third-order valence-corrected chi connectivity index (χ3v) is 6.79. The molecule has 2 heterocycles. The molecule has 7 heteroatoms. The van der Waals surface area contributed by atoms with Crippen molar-refractivity contribution in [2.45, 2.75) is 56.6 Å². The van der Waals surface area contributed by atoms with Crippen molar-refractivity contribution in [2.75, 3.05) is 6.54 Å². The molecule has 1 fully saturated rings. The van der Waals surface area contributed by atoms with Crippen molar-refractivity contribution in [3.05, 3.63) is 23.8 Å². The Bertz CT molecular complexity index is 771. The maximum Gasteiger partial charge on any atom is 0.307 e. The van der Waals surface area contributed by atoms with Crippen molar-refractivity contribution >= 4 is 16.0 Å². The molecule has 1 N–H and O–H groups in total. The Morgan fingerprint density at radius 2 is 2.04 bits per heavy atom. The third-order valence-electron chi connectivity index (χ3n) is 4.82. The monoisotopic (exact) mass is 353 g/mol. The van der Waals surface area contributed by atoms with Gasteiger partial charge >= 0.3 is 5.97 Å². The highest BCUT2D eigenvalue weighted by Crippen LogP contribution is 2.37. The second kappa shape index (κ2) is 5.74. The molecule has 24 heavy (non-hydrogen) atoms. The van der Waals surface area contributed by atoms with Gasteiger partial charge in [0.15, 0.2) is 0 Å². The molecule has 0 amide bonds. The largest absolute Gasteiger partial charge is 0.487 e. The van der Waals surface area contributed by atoms with E-state index in [-0.39, 0.29) is 23.1 Å². The summed E-state index contributed by atoms with van der Waals surface area (Å²) in [6.45, 7) is 5.78. The van der Waals surface area contributed by atoms with Gasteiger partial charge in [0.2, 0.25) is 10.0 Å². The average molecular weight is 353 g/mol. The van der Waals surface area contributed by atoms with Gasteiger partial charge in [0, 0.05) is 19.0 Å². The Labute approximate surface area is 142 Å². The normalized spacial score (nSPS) is 26.6. The molecule has 6 nitrogen and oxygen atoms in total. The Kier molecular flexibility index (Phi) is 4.12. The number of benzene rings is 1. The average Bonchev–Trinajstić information content (AvgIpc) is 2.79. The topological polar surface area (TPSA) is 83.9 Å². The van der Waals surface area contributed by atoms with Gasteiger partial charge in [0.05, 0.1) is 10.8 Å². The zero-order chi connectivity index (χ0) is 17.7. The Morgan fingerprint density at radius 1 is 1.33 bits per heavy atom. The minimum Gasteiger partial charge on any atom is -0.487 e. The Hall–Kier alpha value is -1.60. The van der Waals surface area contributed by atoms with E-state index in [0.717, 1.165) is 5.56 Å². The smallest absolute Gasteiger partial charge is 0.307 e. The molecule has 2 aliphatic heterocycles. The van der Waals surface area contributed by atoms with Crippen molar-refractivity contribution in [1.29, 1.82) is 0 Å². The molecule has 2 aliphatic rings. The summed E-state index contributed by atoms with van der Waals surface area (Å²) in [4.78, 5) is 11.5. The molecule has 2 atom stereocenters. The number of piperidine rings is 1. The van der Waals surface area contributed by atoms with E-state index < -0.39 is 21.9 Å². The summed E-state index contributed by atoms with van der Waals surface area (Å²) in [7, 11) is -3.72. The van der Waals surface area contributed by atoms with Crippen molar-refractivity contribution in [3.63, 3.8) is 0 Å². The van der Waals surface area contributed by atoms with Crippen molar-refractivity contribution in [2.24, 2.45) is 5.92 Å². The number of nitrogens with zero attached hydrogens (tertiary/aromatic N) is 1. The summed E-state index contributed by atoms with van der Waals surface area (Å²) in [6, 6.07) is 4.70. The molecular formula is C17H23NO5S. The lowest BCUT2D eigenvalue weighted by Gasteiger charge is -2.35. The van der Waals surface area contributed by atoms with Crippen molar-refractivity contribution in [3.8, 4) is 5.75 Å². The number of sulfonamides is 1. The molecule has 0 aliphatic carbocycles. The van der Waals surface area contributed by atoms with Crippen LogP contribution in [0.4, 0.5) is 0 Å². The number of carbonyl (C=O) groups is 1. The molecule has 0 radical (unpaired) electrons. The predicted molar refractivity (Wildman–Crippen MR) is 88.6 cm³/mol. The van der Waals surface area contributed by atoms with E-state index in [1.807, 2.05) is 20.8 Å². The van der Waals surface area contributed by atoms with Crippen LogP contribution >= 0.6 is 0 Å². The molecular weight excluding hydrogens is 330 g/mol. The number of fused-ring (bicyclic) bond motifs is 1. The highest BCUT2D eigenvalue weighted by Gasteiger charge is 2.38. The molecule has 2 unspecified atom stereocenters. The van der Waals surface area contributed by atoms with Gasteiger partial charge in [-0.15, -0.1) is 0 Å². The van der Waals surface area contributed by atoms with Crippen LogP contribution in [0.15, 0.2) is 23.1 Å². The molecule has 1 aromatic rings. The van der Waals surface area contributed by atoms with E-state index in [9.17, 15) is 18.3 Å². The number of rotatable bonds is 3. The molecule has 0 saturated carbocycles. The SMILES string of the molecule is CC1CCC(C(=O)O)CN1S(=O)(=O)c1ccc2c(c1)CC(C)(C)O2. The Balaban J connectivity index is 1.92. The van der Waals surface area contributed by atoms with Gasteiger partial charge in [0.1, 0.15) is 11.4 Å². The number of hydrogen-bond donors (Lipinski definition) is 1. The van der Waals surface area contributed by atoms with Crippen LogP contribution < -0.4 is 4.74 Å². The van der Waals surface area contributed by atoms with Crippen molar-refractivity contribution in [1.82, 2.24) is 4.31 Å². The van der Waals surface area contributed by atoms with Crippen LogP contribution in [0, 0.1) is 5.92 Å². The second-order valence-corrected chi connectivity index (χ2v) is 9.23. The van der Waals surface area contributed by atoms with E-state index in [1.54, 1.807) is 18.2 Å². The lowest BCUT2D eigenvalue weighted by Crippen LogP contribution is -2.47. The molecule has 1 aromatic carbocycles. The van der Waals surface area contributed by atoms with Crippen LogP contribution in [0.25, 0.3) is 0 Å². The van der Waals surface area contributed by atoms with E-state index >= 15 is 0 Å². The van der Waals surface area contributed by atoms with Crippen molar-refractivity contribution < 1.29 is 23.1 Å². The van der Waals surface area contributed by atoms with Gasteiger partial charge in [0.25, 0.3) is 0 Å². The van der Waals surface area contributed by atoms with E-state index in [4.69, 9.17) is 4.74 Å². The van der Waals surface area contributed by atoms with Crippen LogP contribution in [0.5, 0.6) is 5.75 Å². The fourth-order valence-electron chi connectivity index (χ4n) is 3.49. The fourth-order valence-corrected chi connectivity index (χ4v) is 5.25. The number of hydrogen-bond acceptors (Lipinski definition) is 4. The minimum atomic E-state index is -3.72. The van der Waals surface area contributed by atoms with Crippen LogP contribution in [-0.4, -0.2) is 42.0 Å². The van der Waals surface area contributed by atoms with E-state index in [1.165, 1.54) is 4.31 Å². The molecule has 0 bridgehead atoms. The van der Waals surface area contributed by atoms with Crippen LogP contribution in [0.1, 0.15) is 39.2 Å². The predicted octanol–water partition coefficient (Wildman–Crippen LogP) is 2.27. The standard InChI is InChI=1S/C17H23NO5S/c1-11-4-5-12(16(19)20)10-18(11)24(21,22)14-6-7-15-13(8-14)9-17(2,3)23-15/h6-8,11-12H,4-5,9-10H2,1-3H3,(H,19,20). The first-order valence-corrected chi connectivity index (χ1v) is 9.61. The number of carboxylic acid groups (broad SMARTS) is 1. The van der Waals surface area contributed by atoms with Gasteiger partial charge in [-0.2, -0.15) is 4.31 Å². The summed E-state index contributed by atoms with van der Waals surface area (Å²) in [5.41, 5.74) is 0.540. The minimum absolute atomic E-state index is 0.0257.